The van der Waals surface area contributed by atoms with Gasteiger partial charge in [0.15, 0.2) is 0 Å². The van der Waals surface area contributed by atoms with Crippen molar-refractivity contribution in [3.8, 4) is 0 Å². The molecule has 0 spiro atoms. The number of aliphatic hydroxyl groups is 1. The SMILES string of the molecule is COC1=C(OC)C(=O)C(CCC(C)(O)CCC=C(C)CCC=C(C)CCC=C(C)CCC=C(C)CCC=C(C)CCC=C(C)CCC=C(C)CCC=C(C)CCC=C(C)C)=C(C)C1=O. The van der Waals surface area contributed by atoms with Gasteiger partial charge < -0.3 is 14.6 Å². The summed E-state index contributed by atoms with van der Waals surface area (Å²) in [6.07, 6.45) is 41.5. The van der Waals surface area contributed by atoms with Gasteiger partial charge in [0.25, 0.3) is 0 Å². The largest absolute Gasteiger partial charge is 0.489 e. The highest BCUT2D eigenvalue weighted by atomic mass is 16.5. The number of hydrogen-bond acceptors (Lipinski definition) is 5. The molecule has 1 N–H and O–H groups in total. The Bertz CT molecular complexity index is 1830. The van der Waals surface area contributed by atoms with Crippen molar-refractivity contribution in [2.75, 3.05) is 14.2 Å². The van der Waals surface area contributed by atoms with E-state index in [1.54, 1.807) is 13.8 Å². The molecule has 0 heterocycles. The van der Waals surface area contributed by atoms with Gasteiger partial charge in [0.2, 0.25) is 23.1 Å². The highest BCUT2D eigenvalue weighted by Crippen LogP contribution is 2.31. The lowest BCUT2D eigenvalue weighted by molar-refractivity contribution is -0.121. The molecule has 0 aromatic heterocycles. The van der Waals surface area contributed by atoms with E-state index >= 15 is 0 Å². The van der Waals surface area contributed by atoms with Crippen LogP contribution in [0.25, 0.3) is 0 Å². The van der Waals surface area contributed by atoms with Crippen molar-refractivity contribution >= 4 is 11.6 Å². The lowest BCUT2D eigenvalue weighted by atomic mass is 9.85. The van der Waals surface area contributed by atoms with Gasteiger partial charge in [-0.1, -0.05) is 105 Å². The Morgan fingerprint density at radius 1 is 0.438 bits per heavy atom. The molecule has 0 saturated carbocycles. The van der Waals surface area contributed by atoms with Gasteiger partial charge >= 0.3 is 0 Å². The van der Waals surface area contributed by atoms with Crippen LogP contribution in [0.2, 0.25) is 0 Å². The van der Waals surface area contributed by atoms with Crippen molar-refractivity contribution in [2.24, 2.45) is 0 Å². The van der Waals surface area contributed by atoms with E-state index in [1.165, 1.54) is 77.2 Å². The standard InChI is InChI=1S/C59H92O5/c1-44(2)24-15-25-45(3)26-16-27-46(4)28-17-29-47(5)30-18-31-48(6)32-19-33-49(7)34-20-35-50(8)36-21-37-51(9)38-22-39-52(10)40-23-42-59(12,62)43-41-54-53(11)55(60)57(63-13)58(64-14)56(54)61/h24,26,28,30,32,34,36,38,40,62H,15-23,25,27,29,31,33,35,37,39,41-43H2,1-14H3. The molecule has 0 fully saturated rings. The van der Waals surface area contributed by atoms with Gasteiger partial charge in [-0.25, -0.2) is 0 Å². The highest BCUT2D eigenvalue weighted by molar-refractivity contribution is 6.23. The molecule has 0 bridgehead atoms. The Kier molecular flexibility index (Phi) is 29.6. The number of hydrogen-bond donors (Lipinski definition) is 1. The molecule has 0 radical (unpaired) electrons. The van der Waals surface area contributed by atoms with E-state index < -0.39 is 5.60 Å². The molecular formula is C59H92O5. The maximum Gasteiger partial charge on any atom is 0.228 e. The van der Waals surface area contributed by atoms with Crippen LogP contribution in [0.4, 0.5) is 0 Å². The molecule has 0 saturated heterocycles. The van der Waals surface area contributed by atoms with Crippen molar-refractivity contribution < 1.29 is 24.2 Å². The third kappa shape index (κ3) is 26.1. The minimum Gasteiger partial charge on any atom is -0.489 e. The van der Waals surface area contributed by atoms with E-state index in [9.17, 15) is 14.7 Å². The first-order valence-corrected chi connectivity index (χ1v) is 24.5. The van der Waals surface area contributed by atoms with Crippen LogP contribution in [-0.2, 0) is 19.1 Å². The van der Waals surface area contributed by atoms with Gasteiger partial charge in [-0.2, -0.15) is 0 Å². The predicted octanol–water partition coefficient (Wildman–Crippen LogP) is 17.0. The average molecular weight is 881 g/mol. The minimum absolute atomic E-state index is 0.0575. The summed E-state index contributed by atoms with van der Waals surface area (Å²) in [7, 11) is 2.72. The zero-order valence-corrected chi connectivity index (χ0v) is 43.4. The molecule has 5 nitrogen and oxygen atoms in total. The highest BCUT2D eigenvalue weighted by Gasteiger charge is 2.35. The fourth-order valence-electron chi connectivity index (χ4n) is 7.87. The lowest BCUT2D eigenvalue weighted by Gasteiger charge is -2.25. The molecule has 0 aromatic rings. The van der Waals surface area contributed by atoms with Gasteiger partial charge in [0.05, 0.1) is 19.8 Å². The third-order valence-corrected chi connectivity index (χ3v) is 12.5. The van der Waals surface area contributed by atoms with Crippen LogP contribution in [0.1, 0.15) is 212 Å². The van der Waals surface area contributed by atoms with Gasteiger partial charge in [-0.05, 0) is 212 Å². The maximum absolute atomic E-state index is 13.0. The number of ketones is 2. The molecule has 1 rings (SSSR count). The summed E-state index contributed by atoms with van der Waals surface area (Å²) in [6.45, 7) is 25.9. The summed E-state index contributed by atoms with van der Waals surface area (Å²) in [5.41, 5.74) is 13.0. The Morgan fingerprint density at radius 3 is 0.984 bits per heavy atom. The Morgan fingerprint density at radius 2 is 0.703 bits per heavy atom. The van der Waals surface area contributed by atoms with Gasteiger partial charge in [-0.15, -0.1) is 0 Å². The summed E-state index contributed by atoms with van der Waals surface area (Å²) < 4.78 is 10.3. The van der Waals surface area contributed by atoms with Gasteiger partial charge in [0, 0.05) is 11.1 Å². The Balaban J connectivity index is 2.31. The number of Topliss-reactive ketones (excluding diaryl/α,β-unsaturated/α-hetero) is 2. The minimum atomic E-state index is -0.960. The molecule has 0 amide bonds. The van der Waals surface area contributed by atoms with E-state index in [4.69, 9.17) is 9.47 Å². The van der Waals surface area contributed by atoms with Crippen LogP contribution in [-0.4, -0.2) is 36.5 Å². The second-order valence-corrected chi connectivity index (χ2v) is 19.4. The van der Waals surface area contributed by atoms with Crippen molar-refractivity contribution in [3.63, 3.8) is 0 Å². The second kappa shape index (κ2) is 32.7. The topological polar surface area (TPSA) is 72.8 Å². The van der Waals surface area contributed by atoms with Gasteiger partial charge in [-0.3, -0.25) is 9.59 Å². The molecule has 64 heavy (non-hydrogen) atoms. The number of allylic oxidation sites excluding steroid dienone is 20. The van der Waals surface area contributed by atoms with Crippen LogP contribution in [0.3, 0.4) is 0 Å². The van der Waals surface area contributed by atoms with Crippen LogP contribution < -0.4 is 0 Å². The smallest absolute Gasteiger partial charge is 0.228 e. The first-order chi connectivity index (χ1) is 30.3. The zero-order chi connectivity index (χ0) is 48.1. The normalized spacial score (nSPS) is 16.5. The first-order valence-electron chi connectivity index (χ1n) is 24.5. The number of carbonyl (C=O) groups excluding carboxylic acids is 2. The number of ether oxygens (including phenoxy) is 2. The maximum atomic E-state index is 13.0. The van der Waals surface area contributed by atoms with Crippen LogP contribution in [0.15, 0.2) is 128 Å². The molecule has 1 aliphatic rings. The predicted molar refractivity (Wildman–Crippen MR) is 276 cm³/mol. The number of methoxy groups -OCH3 is 2. The van der Waals surface area contributed by atoms with E-state index in [-0.39, 0.29) is 23.1 Å². The summed E-state index contributed by atoms with van der Waals surface area (Å²) in [6, 6.07) is 0. The Labute approximate surface area is 393 Å². The molecule has 1 aliphatic carbocycles. The van der Waals surface area contributed by atoms with Crippen molar-refractivity contribution in [2.45, 2.75) is 217 Å². The van der Waals surface area contributed by atoms with Crippen LogP contribution in [0, 0.1) is 0 Å². The Hall–Kier alpha value is -3.96. The summed E-state index contributed by atoms with van der Waals surface area (Å²) in [5, 5.41) is 11.1. The first kappa shape index (κ1) is 58.1. The molecule has 358 valence electrons. The van der Waals surface area contributed by atoms with E-state index in [1.807, 2.05) is 0 Å². The molecule has 5 heteroatoms. The zero-order valence-electron chi connectivity index (χ0n) is 43.4. The molecule has 0 aliphatic heterocycles. The van der Waals surface area contributed by atoms with Crippen molar-refractivity contribution in [1.82, 2.24) is 0 Å². The molecule has 1 atom stereocenters. The van der Waals surface area contributed by atoms with Crippen LogP contribution >= 0.6 is 0 Å². The summed E-state index contributed by atoms with van der Waals surface area (Å²) >= 11 is 0. The summed E-state index contributed by atoms with van der Waals surface area (Å²) in [4.78, 5) is 25.6. The van der Waals surface area contributed by atoms with Crippen molar-refractivity contribution in [3.05, 3.63) is 128 Å². The van der Waals surface area contributed by atoms with Crippen molar-refractivity contribution in [1.29, 1.82) is 0 Å². The second-order valence-electron chi connectivity index (χ2n) is 19.4. The molecular weight excluding hydrogens is 789 g/mol. The third-order valence-electron chi connectivity index (χ3n) is 12.5. The van der Waals surface area contributed by atoms with E-state index in [0.29, 0.717) is 30.4 Å². The monoisotopic (exact) mass is 881 g/mol. The fraction of sp³-hybridized carbons (Fsp3) is 0.593. The lowest BCUT2D eigenvalue weighted by Crippen LogP contribution is -2.28. The van der Waals surface area contributed by atoms with E-state index in [2.05, 4.69) is 124 Å². The van der Waals surface area contributed by atoms with E-state index in [0.717, 1.165) is 96.3 Å². The van der Waals surface area contributed by atoms with Crippen LogP contribution in [0.5, 0.6) is 0 Å². The average Bonchev–Trinajstić information content (AvgIpc) is 3.21. The molecule has 1 unspecified atom stereocenters. The number of carbonyl (C=O) groups is 2. The summed E-state index contributed by atoms with van der Waals surface area (Å²) in [5.74, 6) is -0.803. The van der Waals surface area contributed by atoms with Gasteiger partial charge in [0.1, 0.15) is 0 Å². The fourth-order valence-corrected chi connectivity index (χ4v) is 7.87. The quantitative estimate of drug-likeness (QED) is 0.0538. The molecule has 0 aromatic carbocycles. The number of rotatable bonds is 32.